The maximum atomic E-state index is 11.7. The Kier molecular flexibility index (Phi) is 2.69. The summed E-state index contributed by atoms with van der Waals surface area (Å²) < 4.78 is 0. The van der Waals surface area contributed by atoms with Gasteiger partial charge in [0.25, 0.3) is 0 Å². The molecule has 1 atom stereocenters. The van der Waals surface area contributed by atoms with Crippen LogP contribution in [0.2, 0.25) is 0 Å². The van der Waals surface area contributed by atoms with E-state index in [-0.39, 0.29) is 17.9 Å². The van der Waals surface area contributed by atoms with Gasteiger partial charge in [-0.15, -0.1) is 0 Å². The molecule has 1 heterocycles. The van der Waals surface area contributed by atoms with Gasteiger partial charge in [-0.2, -0.15) is 0 Å². The minimum Gasteiger partial charge on any atom is -0.305 e. The lowest BCUT2D eigenvalue weighted by Crippen LogP contribution is -2.40. The third kappa shape index (κ3) is 2.23. The van der Waals surface area contributed by atoms with Gasteiger partial charge in [-0.25, -0.2) is 0 Å². The van der Waals surface area contributed by atoms with Crippen LogP contribution in [0.5, 0.6) is 0 Å². The lowest BCUT2D eigenvalue weighted by Gasteiger charge is -2.18. The van der Waals surface area contributed by atoms with E-state index in [9.17, 15) is 9.59 Å². The summed E-state index contributed by atoms with van der Waals surface area (Å²) in [6, 6.07) is -0.257. The summed E-state index contributed by atoms with van der Waals surface area (Å²) in [5, 5.41) is 3.32. The monoisotopic (exact) mass is 236 g/mol. The number of amides is 2. The molecule has 0 spiro atoms. The third-order valence-corrected chi connectivity index (χ3v) is 4.44. The number of carbonyl (C=O) groups is 2. The molecule has 1 saturated heterocycles. The largest absolute Gasteiger partial charge is 0.305 e. The first-order valence-corrected chi connectivity index (χ1v) is 6.70. The second-order valence-electron chi connectivity index (χ2n) is 5.79. The Morgan fingerprint density at radius 1 is 1.24 bits per heavy atom. The topological polar surface area (TPSA) is 49.4 Å². The van der Waals surface area contributed by atoms with Crippen LogP contribution in [0.15, 0.2) is 0 Å². The molecule has 4 heteroatoms. The van der Waals surface area contributed by atoms with Gasteiger partial charge in [0.05, 0.1) is 12.5 Å². The average molecular weight is 236 g/mol. The zero-order chi connectivity index (χ0) is 12.0. The van der Waals surface area contributed by atoms with Crippen LogP contribution in [0, 0.1) is 17.8 Å². The number of nitrogens with zero attached hydrogens (tertiary/aromatic N) is 1. The molecule has 0 radical (unpaired) electrons. The Labute approximate surface area is 102 Å². The van der Waals surface area contributed by atoms with Crippen molar-refractivity contribution >= 4 is 11.8 Å². The van der Waals surface area contributed by atoms with E-state index in [1.165, 1.54) is 30.6 Å². The van der Waals surface area contributed by atoms with Crippen molar-refractivity contribution in [1.29, 1.82) is 0 Å². The van der Waals surface area contributed by atoms with Crippen LogP contribution < -0.4 is 5.32 Å². The molecule has 0 aromatic heterocycles. The second kappa shape index (κ2) is 4.09. The molecular weight excluding hydrogens is 216 g/mol. The van der Waals surface area contributed by atoms with Crippen LogP contribution in [0.25, 0.3) is 0 Å². The fourth-order valence-corrected chi connectivity index (χ4v) is 2.96. The first-order chi connectivity index (χ1) is 8.16. The van der Waals surface area contributed by atoms with Crippen molar-refractivity contribution in [2.45, 2.75) is 38.1 Å². The van der Waals surface area contributed by atoms with Crippen LogP contribution in [-0.2, 0) is 9.59 Å². The number of likely N-dealkylation sites (N-methyl/N-ethyl adjacent to an activating group) is 1. The molecule has 2 aliphatic carbocycles. The maximum Gasteiger partial charge on any atom is 0.246 e. The fraction of sp³-hybridized carbons (Fsp3) is 0.846. The standard InChI is InChI=1S/C13H20N2O2/c1-15-12(16)6-11(13(15)17)14-7-10(8-2-3-8)9-4-5-9/h8-11,14H,2-7H2,1H3. The minimum absolute atomic E-state index is 0.0538. The molecule has 94 valence electrons. The highest BCUT2D eigenvalue weighted by Crippen LogP contribution is 2.48. The third-order valence-electron chi connectivity index (χ3n) is 4.44. The molecule has 0 bridgehead atoms. The summed E-state index contributed by atoms with van der Waals surface area (Å²) in [7, 11) is 1.58. The summed E-state index contributed by atoms with van der Waals surface area (Å²) in [6.07, 6.45) is 5.79. The molecule has 0 aromatic rings. The van der Waals surface area contributed by atoms with Gasteiger partial charge in [0.1, 0.15) is 0 Å². The highest BCUT2D eigenvalue weighted by molar-refractivity contribution is 6.05. The van der Waals surface area contributed by atoms with Gasteiger partial charge in [-0.1, -0.05) is 0 Å². The van der Waals surface area contributed by atoms with Gasteiger partial charge in [0, 0.05) is 7.05 Å². The minimum atomic E-state index is -0.257. The smallest absolute Gasteiger partial charge is 0.246 e. The van der Waals surface area contributed by atoms with Gasteiger partial charge >= 0.3 is 0 Å². The number of imide groups is 1. The van der Waals surface area contributed by atoms with Crippen molar-refractivity contribution in [3.63, 3.8) is 0 Å². The van der Waals surface area contributed by atoms with Crippen molar-refractivity contribution < 1.29 is 9.59 Å². The van der Waals surface area contributed by atoms with Gasteiger partial charge in [-0.05, 0) is 50.0 Å². The Morgan fingerprint density at radius 2 is 1.82 bits per heavy atom. The molecule has 3 rings (SSSR count). The summed E-state index contributed by atoms with van der Waals surface area (Å²) in [5.74, 6) is 2.42. The normalized spacial score (nSPS) is 29.5. The predicted octanol–water partition coefficient (Wildman–Crippen LogP) is 0.769. The van der Waals surface area contributed by atoms with Crippen molar-refractivity contribution in [2.24, 2.45) is 17.8 Å². The number of nitrogens with one attached hydrogen (secondary N) is 1. The molecule has 2 amide bonds. The number of carbonyl (C=O) groups excluding carboxylic acids is 2. The number of hydrogen-bond acceptors (Lipinski definition) is 3. The molecule has 3 aliphatic rings. The zero-order valence-electron chi connectivity index (χ0n) is 10.3. The molecule has 1 aliphatic heterocycles. The van der Waals surface area contributed by atoms with Crippen LogP contribution in [-0.4, -0.2) is 36.3 Å². The van der Waals surface area contributed by atoms with E-state index in [0.717, 1.165) is 24.3 Å². The summed E-state index contributed by atoms with van der Waals surface area (Å²) >= 11 is 0. The van der Waals surface area contributed by atoms with E-state index in [2.05, 4.69) is 5.32 Å². The Hall–Kier alpha value is -0.900. The summed E-state index contributed by atoms with van der Waals surface area (Å²) in [5.41, 5.74) is 0. The number of rotatable bonds is 5. The average Bonchev–Trinajstić information content (AvgIpc) is 3.16. The van der Waals surface area contributed by atoms with E-state index >= 15 is 0 Å². The molecule has 4 nitrogen and oxygen atoms in total. The van der Waals surface area contributed by atoms with Crippen LogP contribution in [0.4, 0.5) is 0 Å². The van der Waals surface area contributed by atoms with Gasteiger partial charge < -0.3 is 5.32 Å². The number of hydrogen-bond donors (Lipinski definition) is 1. The van der Waals surface area contributed by atoms with E-state index in [4.69, 9.17) is 0 Å². The summed E-state index contributed by atoms with van der Waals surface area (Å²) in [6.45, 7) is 0.923. The molecule has 17 heavy (non-hydrogen) atoms. The molecule has 0 aromatic carbocycles. The highest BCUT2D eigenvalue weighted by atomic mass is 16.2. The van der Waals surface area contributed by atoms with E-state index in [0.29, 0.717) is 6.42 Å². The predicted molar refractivity (Wildman–Crippen MR) is 63.1 cm³/mol. The van der Waals surface area contributed by atoms with E-state index in [1.54, 1.807) is 7.05 Å². The Morgan fingerprint density at radius 3 is 2.24 bits per heavy atom. The SMILES string of the molecule is CN1C(=O)CC(NCC(C2CC2)C2CC2)C1=O. The van der Waals surface area contributed by atoms with Crippen molar-refractivity contribution in [1.82, 2.24) is 10.2 Å². The Bertz CT molecular complexity index is 335. The maximum absolute atomic E-state index is 11.7. The molecule has 2 saturated carbocycles. The van der Waals surface area contributed by atoms with Crippen molar-refractivity contribution in [3.05, 3.63) is 0 Å². The summed E-state index contributed by atoms with van der Waals surface area (Å²) in [4.78, 5) is 24.4. The quantitative estimate of drug-likeness (QED) is 0.717. The second-order valence-corrected chi connectivity index (χ2v) is 5.79. The van der Waals surface area contributed by atoms with Crippen molar-refractivity contribution in [2.75, 3.05) is 13.6 Å². The zero-order valence-corrected chi connectivity index (χ0v) is 10.3. The molecular formula is C13H20N2O2. The Balaban J connectivity index is 1.53. The lowest BCUT2D eigenvalue weighted by atomic mass is 9.97. The van der Waals surface area contributed by atoms with Crippen LogP contribution in [0.1, 0.15) is 32.1 Å². The van der Waals surface area contributed by atoms with Gasteiger partial charge in [-0.3, -0.25) is 14.5 Å². The fourth-order valence-electron chi connectivity index (χ4n) is 2.96. The van der Waals surface area contributed by atoms with Gasteiger partial charge in [0.2, 0.25) is 11.8 Å². The lowest BCUT2D eigenvalue weighted by molar-refractivity contribution is -0.137. The van der Waals surface area contributed by atoms with E-state index < -0.39 is 0 Å². The molecule has 1 unspecified atom stereocenters. The van der Waals surface area contributed by atoms with Gasteiger partial charge in [0.15, 0.2) is 0 Å². The first kappa shape index (κ1) is 11.2. The van der Waals surface area contributed by atoms with Crippen LogP contribution in [0.3, 0.4) is 0 Å². The molecule has 1 N–H and O–H groups in total. The highest BCUT2D eigenvalue weighted by Gasteiger charge is 2.42. The molecule has 3 fully saturated rings. The van der Waals surface area contributed by atoms with E-state index in [1.807, 2.05) is 0 Å². The van der Waals surface area contributed by atoms with Crippen LogP contribution >= 0.6 is 0 Å². The van der Waals surface area contributed by atoms with Crippen molar-refractivity contribution in [3.8, 4) is 0 Å². The first-order valence-electron chi connectivity index (χ1n) is 6.70. The number of likely N-dealkylation sites (tertiary alicyclic amines) is 1.